The monoisotopic (exact) mass is 391 g/mol. The number of aliphatic hydroxyl groups excluding tert-OH is 3. The van der Waals surface area contributed by atoms with Crippen molar-refractivity contribution in [1.29, 1.82) is 0 Å². The van der Waals surface area contributed by atoms with E-state index in [0.717, 1.165) is 0 Å². The molecule has 0 aliphatic heterocycles. The van der Waals surface area contributed by atoms with Crippen molar-refractivity contribution in [3.8, 4) is 0 Å². The molecule has 4 N–H and O–H groups in total. The van der Waals surface area contributed by atoms with Crippen LogP contribution in [-0.4, -0.2) is 63.8 Å². The molecule has 0 aliphatic carbocycles. The van der Waals surface area contributed by atoms with Gasteiger partial charge in [-0.15, -0.1) is 0 Å². The molecule has 4 atom stereocenters. The number of hydrogen-bond donors (Lipinski definition) is 4. The third-order valence-corrected chi connectivity index (χ3v) is 4.64. The molecule has 0 heterocycles. The van der Waals surface area contributed by atoms with Gasteiger partial charge in [-0.3, -0.25) is 4.79 Å². The number of amides is 1. The van der Waals surface area contributed by atoms with Crippen molar-refractivity contribution in [3.05, 3.63) is 0 Å². The number of aliphatic hydroxyl groups is 3. The largest absolute Gasteiger partial charge is 1.00 e. The van der Waals surface area contributed by atoms with Gasteiger partial charge in [-0.2, -0.15) is 0 Å². The molecular formula is C15H30NNaO7S. The molecule has 8 nitrogen and oxygen atoms in total. The smallest absolute Gasteiger partial charge is 0.748 e. The van der Waals surface area contributed by atoms with Gasteiger partial charge in [-0.25, -0.2) is 8.42 Å². The summed E-state index contributed by atoms with van der Waals surface area (Å²) in [5, 5.41) is 31.5. The Morgan fingerprint density at radius 1 is 1.12 bits per heavy atom. The van der Waals surface area contributed by atoms with Crippen molar-refractivity contribution < 1.29 is 62.6 Å². The number of carbonyl (C=O) groups excluding carboxylic acids is 1. The predicted molar refractivity (Wildman–Crippen MR) is 88.1 cm³/mol. The summed E-state index contributed by atoms with van der Waals surface area (Å²) in [4.78, 5) is 12.4. The van der Waals surface area contributed by atoms with Crippen LogP contribution in [0.2, 0.25) is 0 Å². The summed E-state index contributed by atoms with van der Waals surface area (Å²) in [5.41, 5.74) is -1.26. The third kappa shape index (κ3) is 14.0. The molecule has 0 aromatic carbocycles. The van der Waals surface area contributed by atoms with Crippen molar-refractivity contribution >= 4 is 16.0 Å². The summed E-state index contributed by atoms with van der Waals surface area (Å²) >= 11 is 0. The zero-order chi connectivity index (χ0) is 19.1. The summed E-state index contributed by atoms with van der Waals surface area (Å²) in [5.74, 6) is -2.06. The van der Waals surface area contributed by atoms with Crippen molar-refractivity contribution in [3.63, 3.8) is 0 Å². The van der Waals surface area contributed by atoms with Crippen molar-refractivity contribution in [2.75, 3.05) is 5.75 Å². The average Bonchev–Trinajstić information content (AvgIpc) is 2.32. The Morgan fingerprint density at radius 2 is 1.60 bits per heavy atom. The van der Waals surface area contributed by atoms with Crippen LogP contribution < -0.4 is 34.9 Å². The van der Waals surface area contributed by atoms with Gasteiger partial charge >= 0.3 is 29.6 Å². The van der Waals surface area contributed by atoms with Gasteiger partial charge in [0.05, 0.1) is 34.2 Å². The number of hydrogen-bond acceptors (Lipinski definition) is 7. The van der Waals surface area contributed by atoms with E-state index >= 15 is 0 Å². The Labute approximate surface area is 172 Å². The van der Waals surface area contributed by atoms with Crippen LogP contribution in [0.25, 0.3) is 0 Å². The van der Waals surface area contributed by atoms with E-state index < -0.39 is 51.5 Å². The van der Waals surface area contributed by atoms with E-state index in [1.807, 2.05) is 0 Å². The number of carbonyl (C=O) groups is 1. The zero-order valence-electron chi connectivity index (χ0n) is 15.7. The quantitative estimate of drug-likeness (QED) is 0.213. The van der Waals surface area contributed by atoms with Gasteiger partial charge < -0.3 is 25.2 Å². The molecule has 144 valence electrons. The minimum absolute atomic E-state index is 0. The van der Waals surface area contributed by atoms with Gasteiger partial charge in [0.15, 0.2) is 0 Å². The second-order valence-corrected chi connectivity index (χ2v) is 8.45. The minimum atomic E-state index is -4.52. The molecule has 1 amide bonds. The predicted octanol–water partition coefficient (Wildman–Crippen LogP) is -3.27. The number of rotatable bonds is 11. The molecule has 0 aromatic heterocycles. The van der Waals surface area contributed by atoms with Crippen LogP contribution in [0.3, 0.4) is 0 Å². The first kappa shape index (κ1) is 27.5. The molecule has 0 saturated carbocycles. The van der Waals surface area contributed by atoms with Crippen LogP contribution >= 0.6 is 0 Å². The second-order valence-electron chi connectivity index (χ2n) is 7.04. The van der Waals surface area contributed by atoms with Gasteiger partial charge in [-0.1, -0.05) is 6.92 Å². The normalized spacial score (nSPS) is 17.1. The van der Waals surface area contributed by atoms with Crippen LogP contribution in [0, 0.1) is 5.92 Å². The molecule has 0 bridgehead atoms. The van der Waals surface area contributed by atoms with Gasteiger partial charge in [0, 0.05) is 11.5 Å². The average molecular weight is 391 g/mol. The molecule has 0 fully saturated rings. The van der Waals surface area contributed by atoms with E-state index in [0.29, 0.717) is 6.42 Å². The van der Waals surface area contributed by atoms with Gasteiger partial charge in [0.25, 0.3) is 0 Å². The summed E-state index contributed by atoms with van der Waals surface area (Å²) in [6.45, 7) is 6.10. The molecule has 0 aliphatic rings. The summed E-state index contributed by atoms with van der Waals surface area (Å²) in [6.07, 6.45) is -1.78. The Morgan fingerprint density at radius 3 is 2.00 bits per heavy atom. The van der Waals surface area contributed by atoms with E-state index in [-0.39, 0.29) is 48.8 Å². The fourth-order valence-corrected chi connectivity index (χ4v) is 3.49. The standard InChI is InChI=1S/C15H31NO7S.Na/c1-5-12(18)7-11(8-13(19)6-10(2)17)14(20)16-15(3,4)9-24(21,22)23;/h10-13,17-19H,5-9H2,1-4H3,(H,16,20)(H,21,22,23);/q;+1/p-1. The van der Waals surface area contributed by atoms with Crippen LogP contribution in [0.1, 0.15) is 53.4 Å². The van der Waals surface area contributed by atoms with E-state index in [4.69, 9.17) is 0 Å². The Bertz CT molecular complexity index is 496. The maximum atomic E-state index is 12.4. The number of nitrogens with one attached hydrogen (secondary N) is 1. The van der Waals surface area contributed by atoms with Gasteiger partial charge in [0.2, 0.25) is 5.91 Å². The van der Waals surface area contributed by atoms with Crippen molar-refractivity contribution in [2.45, 2.75) is 77.2 Å². The third-order valence-electron chi connectivity index (χ3n) is 3.57. The van der Waals surface area contributed by atoms with Crippen molar-refractivity contribution in [2.24, 2.45) is 5.92 Å². The molecule has 0 radical (unpaired) electrons. The maximum Gasteiger partial charge on any atom is 1.00 e. The Hall–Kier alpha value is 0.260. The first-order chi connectivity index (χ1) is 10.8. The van der Waals surface area contributed by atoms with Crippen LogP contribution in [-0.2, 0) is 14.9 Å². The first-order valence-corrected chi connectivity index (χ1v) is 9.63. The van der Waals surface area contributed by atoms with Crippen LogP contribution in [0.15, 0.2) is 0 Å². The second kappa shape index (κ2) is 11.9. The molecule has 25 heavy (non-hydrogen) atoms. The fourth-order valence-electron chi connectivity index (χ4n) is 2.54. The molecular weight excluding hydrogens is 361 g/mol. The van der Waals surface area contributed by atoms with Crippen LogP contribution in [0.4, 0.5) is 0 Å². The van der Waals surface area contributed by atoms with E-state index in [2.05, 4.69) is 5.32 Å². The van der Waals surface area contributed by atoms with E-state index in [9.17, 15) is 33.1 Å². The summed E-state index contributed by atoms with van der Waals surface area (Å²) < 4.78 is 32.7. The van der Waals surface area contributed by atoms with E-state index in [1.165, 1.54) is 20.8 Å². The summed E-state index contributed by atoms with van der Waals surface area (Å²) in [6, 6.07) is 0. The summed E-state index contributed by atoms with van der Waals surface area (Å²) in [7, 11) is -4.52. The first-order valence-electron chi connectivity index (χ1n) is 8.05. The Balaban J connectivity index is 0. The zero-order valence-corrected chi connectivity index (χ0v) is 18.5. The molecule has 10 heteroatoms. The topological polar surface area (TPSA) is 147 Å². The maximum absolute atomic E-state index is 12.4. The molecule has 4 unspecified atom stereocenters. The molecule has 0 spiro atoms. The van der Waals surface area contributed by atoms with Gasteiger partial charge in [0.1, 0.15) is 0 Å². The minimum Gasteiger partial charge on any atom is -0.748 e. The Kier molecular flexibility index (Phi) is 13.0. The molecule has 0 saturated heterocycles. The SMILES string of the molecule is CCC(O)CC(CC(O)CC(C)O)C(=O)NC(C)(C)CS(=O)(=O)[O-].[Na+]. The van der Waals surface area contributed by atoms with Crippen LogP contribution in [0.5, 0.6) is 0 Å². The van der Waals surface area contributed by atoms with Crippen molar-refractivity contribution in [1.82, 2.24) is 5.32 Å². The fraction of sp³-hybridized carbons (Fsp3) is 0.933. The van der Waals surface area contributed by atoms with E-state index in [1.54, 1.807) is 6.92 Å². The van der Waals surface area contributed by atoms with Gasteiger partial charge in [-0.05, 0) is 46.5 Å². The molecule has 0 aromatic rings. The molecule has 0 rings (SSSR count).